The Morgan fingerprint density at radius 1 is 1.19 bits per heavy atom. The fourth-order valence-corrected chi connectivity index (χ4v) is 3.21. The van der Waals surface area contributed by atoms with Gasteiger partial charge in [0.15, 0.2) is 5.76 Å². The predicted molar refractivity (Wildman–Crippen MR) is 97.5 cm³/mol. The number of carbonyl (C=O) groups excluding carboxylic acids is 3. The minimum absolute atomic E-state index is 0.00324. The second-order valence-corrected chi connectivity index (χ2v) is 6.85. The van der Waals surface area contributed by atoms with Gasteiger partial charge in [-0.1, -0.05) is 24.4 Å². The highest BCUT2D eigenvalue weighted by molar-refractivity contribution is 6.42. The third-order valence-corrected chi connectivity index (χ3v) is 4.75. The predicted octanol–water partition coefficient (Wildman–Crippen LogP) is 3.87. The van der Waals surface area contributed by atoms with E-state index in [2.05, 4.69) is 10.6 Å². The Balaban J connectivity index is 1.70. The molecule has 27 heavy (non-hydrogen) atoms. The van der Waals surface area contributed by atoms with Gasteiger partial charge in [-0.05, 0) is 38.0 Å². The molecular formula is C19H18ClFN2O4. The van der Waals surface area contributed by atoms with Crippen LogP contribution >= 0.6 is 11.6 Å². The first-order chi connectivity index (χ1) is 12.8. The maximum absolute atomic E-state index is 13.2. The first kappa shape index (κ1) is 19.1. The molecule has 1 aromatic carbocycles. The lowest BCUT2D eigenvalue weighted by Crippen LogP contribution is -2.37. The van der Waals surface area contributed by atoms with E-state index in [1.807, 2.05) is 0 Å². The van der Waals surface area contributed by atoms with E-state index in [1.165, 1.54) is 25.1 Å². The molecule has 3 rings (SSSR count). The molecule has 0 atom stereocenters. The van der Waals surface area contributed by atoms with Gasteiger partial charge in [-0.3, -0.25) is 14.4 Å². The summed E-state index contributed by atoms with van der Waals surface area (Å²) in [7, 11) is 0. The molecule has 1 aliphatic rings. The minimum atomic E-state index is -0.825. The van der Waals surface area contributed by atoms with E-state index < -0.39 is 23.4 Å². The molecule has 142 valence electrons. The van der Waals surface area contributed by atoms with Crippen LogP contribution in [-0.2, 0) is 4.79 Å². The topological polar surface area (TPSA) is 88.4 Å². The van der Waals surface area contributed by atoms with Gasteiger partial charge in [-0.2, -0.15) is 0 Å². The fourth-order valence-electron chi connectivity index (χ4n) is 3.02. The van der Waals surface area contributed by atoms with Crippen molar-refractivity contribution < 1.29 is 23.2 Å². The number of carbonyl (C=O) groups is 3. The number of rotatable bonds is 5. The zero-order valence-electron chi connectivity index (χ0n) is 14.6. The van der Waals surface area contributed by atoms with E-state index in [0.717, 1.165) is 31.7 Å². The van der Waals surface area contributed by atoms with Crippen LogP contribution in [0, 0.1) is 12.7 Å². The van der Waals surface area contributed by atoms with Crippen molar-refractivity contribution in [1.29, 1.82) is 0 Å². The lowest BCUT2D eigenvalue weighted by atomic mass is 10.2. The Labute approximate surface area is 160 Å². The Hall–Kier alpha value is -2.67. The van der Waals surface area contributed by atoms with Gasteiger partial charge in [0.05, 0.1) is 10.6 Å². The van der Waals surface area contributed by atoms with Gasteiger partial charge < -0.3 is 15.1 Å². The molecule has 0 radical (unpaired) electrons. The summed E-state index contributed by atoms with van der Waals surface area (Å²) in [5.74, 6) is -2.74. The molecule has 1 saturated carbocycles. The fraction of sp³-hybridized carbons (Fsp3) is 0.316. The SMILES string of the molecule is Cc1oc(C(=O)C(=O)NC2CCCC2)cc1C(=O)Nc1ccc(F)c(Cl)c1. The average Bonchev–Trinajstić information content (AvgIpc) is 3.27. The molecule has 0 bridgehead atoms. The normalized spacial score (nSPS) is 14.2. The third kappa shape index (κ3) is 4.36. The van der Waals surface area contributed by atoms with Crippen LogP contribution < -0.4 is 10.6 Å². The van der Waals surface area contributed by atoms with E-state index in [-0.39, 0.29) is 28.1 Å². The number of ketones is 1. The smallest absolute Gasteiger partial charge is 0.295 e. The molecule has 1 aromatic heterocycles. The Morgan fingerprint density at radius 2 is 1.89 bits per heavy atom. The van der Waals surface area contributed by atoms with Gasteiger partial charge in [0.1, 0.15) is 11.6 Å². The quantitative estimate of drug-likeness (QED) is 0.597. The van der Waals surface area contributed by atoms with E-state index in [4.69, 9.17) is 16.0 Å². The molecule has 6 nitrogen and oxygen atoms in total. The van der Waals surface area contributed by atoms with Crippen molar-refractivity contribution in [3.8, 4) is 0 Å². The van der Waals surface area contributed by atoms with Gasteiger partial charge in [-0.15, -0.1) is 0 Å². The summed E-state index contributed by atoms with van der Waals surface area (Å²) in [6, 6.07) is 4.99. The van der Waals surface area contributed by atoms with Crippen LogP contribution in [-0.4, -0.2) is 23.6 Å². The summed E-state index contributed by atoms with van der Waals surface area (Å²) in [5.41, 5.74) is 0.395. The number of aryl methyl sites for hydroxylation is 1. The maximum Gasteiger partial charge on any atom is 0.295 e. The number of benzene rings is 1. The van der Waals surface area contributed by atoms with E-state index in [0.29, 0.717) is 5.69 Å². The summed E-state index contributed by atoms with van der Waals surface area (Å²) in [6.45, 7) is 1.51. The number of nitrogens with one attached hydrogen (secondary N) is 2. The largest absolute Gasteiger partial charge is 0.457 e. The lowest BCUT2D eigenvalue weighted by molar-refractivity contribution is -0.117. The van der Waals surface area contributed by atoms with Crippen LogP contribution in [0.5, 0.6) is 0 Å². The molecule has 0 saturated heterocycles. The lowest BCUT2D eigenvalue weighted by Gasteiger charge is -2.09. The Kier molecular flexibility index (Phi) is 5.60. The molecule has 2 aromatic rings. The van der Waals surface area contributed by atoms with Crippen molar-refractivity contribution in [3.63, 3.8) is 0 Å². The van der Waals surface area contributed by atoms with Crippen molar-refractivity contribution in [1.82, 2.24) is 5.32 Å². The maximum atomic E-state index is 13.2. The van der Waals surface area contributed by atoms with Crippen LogP contribution in [0.3, 0.4) is 0 Å². The highest BCUT2D eigenvalue weighted by Gasteiger charge is 2.27. The van der Waals surface area contributed by atoms with Crippen molar-refractivity contribution in [3.05, 3.63) is 52.2 Å². The molecule has 0 aliphatic heterocycles. The van der Waals surface area contributed by atoms with Crippen molar-refractivity contribution >= 4 is 34.9 Å². The van der Waals surface area contributed by atoms with Crippen LogP contribution in [0.1, 0.15) is 52.4 Å². The van der Waals surface area contributed by atoms with Crippen molar-refractivity contribution in [2.24, 2.45) is 0 Å². The van der Waals surface area contributed by atoms with Crippen molar-refractivity contribution in [2.45, 2.75) is 38.6 Å². The van der Waals surface area contributed by atoms with Gasteiger partial charge in [0.2, 0.25) is 0 Å². The summed E-state index contributed by atoms with van der Waals surface area (Å²) in [6.07, 6.45) is 3.75. The standard InChI is InChI=1S/C19H18ClFN2O4/c1-10-13(18(25)23-12-6-7-15(21)14(20)8-12)9-16(27-10)17(24)19(26)22-11-4-2-3-5-11/h6-9,11H,2-5H2,1H3,(H,22,26)(H,23,25). The van der Waals surface area contributed by atoms with Gasteiger partial charge in [-0.25, -0.2) is 4.39 Å². The number of furan rings is 1. The third-order valence-electron chi connectivity index (χ3n) is 4.46. The average molecular weight is 393 g/mol. The first-order valence-electron chi connectivity index (χ1n) is 8.57. The van der Waals surface area contributed by atoms with Crippen LogP contribution in [0.2, 0.25) is 5.02 Å². The molecule has 0 spiro atoms. The van der Waals surface area contributed by atoms with Gasteiger partial charge >= 0.3 is 0 Å². The Morgan fingerprint density at radius 3 is 2.56 bits per heavy atom. The second-order valence-electron chi connectivity index (χ2n) is 6.45. The number of Topliss-reactive ketones (excluding diaryl/α,β-unsaturated/α-hetero) is 1. The summed E-state index contributed by atoms with van der Waals surface area (Å²) >= 11 is 5.69. The minimum Gasteiger partial charge on any atom is -0.457 e. The molecule has 8 heteroatoms. The molecular weight excluding hydrogens is 375 g/mol. The zero-order chi connectivity index (χ0) is 19.6. The van der Waals surface area contributed by atoms with Gasteiger partial charge in [0, 0.05) is 17.8 Å². The molecule has 2 amide bonds. The van der Waals surface area contributed by atoms with E-state index in [9.17, 15) is 18.8 Å². The highest BCUT2D eigenvalue weighted by Crippen LogP contribution is 2.22. The first-order valence-corrected chi connectivity index (χ1v) is 8.95. The van der Waals surface area contributed by atoms with Gasteiger partial charge in [0.25, 0.3) is 17.6 Å². The number of hydrogen-bond acceptors (Lipinski definition) is 4. The number of halogens is 2. The number of hydrogen-bond donors (Lipinski definition) is 2. The van der Waals surface area contributed by atoms with Crippen LogP contribution in [0.15, 0.2) is 28.7 Å². The highest BCUT2D eigenvalue weighted by atomic mass is 35.5. The van der Waals surface area contributed by atoms with E-state index >= 15 is 0 Å². The Bertz CT molecular complexity index is 903. The summed E-state index contributed by atoms with van der Waals surface area (Å²) < 4.78 is 18.5. The molecule has 1 aliphatic carbocycles. The molecule has 1 fully saturated rings. The molecule has 0 unspecified atom stereocenters. The molecule has 2 N–H and O–H groups in total. The number of amides is 2. The number of anilines is 1. The second kappa shape index (κ2) is 7.92. The monoisotopic (exact) mass is 392 g/mol. The summed E-state index contributed by atoms with van der Waals surface area (Å²) in [4.78, 5) is 36.7. The zero-order valence-corrected chi connectivity index (χ0v) is 15.4. The van der Waals surface area contributed by atoms with Crippen molar-refractivity contribution in [2.75, 3.05) is 5.32 Å². The van der Waals surface area contributed by atoms with Crippen LogP contribution in [0.4, 0.5) is 10.1 Å². The summed E-state index contributed by atoms with van der Waals surface area (Å²) in [5, 5.41) is 5.10. The van der Waals surface area contributed by atoms with Crippen LogP contribution in [0.25, 0.3) is 0 Å². The molecule has 1 heterocycles. The van der Waals surface area contributed by atoms with E-state index in [1.54, 1.807) is 0 Å².